The minimum atomic E-state index is 1.000. The molecule has 0 spiro atoms. The molecule has 0 aromatic carbocycles. The smallest absolute Gasteiger partial charge is 0.0174 e. The van der Waals surface area contributed by atoms with Gasteiger partial charge in [-0.1, -0.05) is 0 Å². The van der Waals surface area contributed by atoms with Gasteiger partial charge in [0.2, 0.25) is 0 Å². The lowest BCUT2D eigenvalue weighted by Crippen LogP contribution is -2.34. The Kier molecular flexibility index (Phi) is 0.866. The van der Waals surface area contributed by atoms with Crippen molar-refractivity contribution in [1.82, 2.24) is 10.0 Å². The van der Waals surface area contributed by atoms with Crippen LogP contribution in [0, 0.1) is 5.92 Å². The minimum absolute atomic E-state index is 1.000. The van der Waals surface area contributed by atoms with Gasteiger partial charge >= 0.3 is 0 Å². The van der Waals surface area contributed by atoms with Crippen LogP contribution in [0.4, 0.5) is 0 Å². The topological polar surface area (TPSA) is 6.48 Å². The molecule has 0 saturated carbocycles. The maximum atomic E-state index is 2.44. The van der Waals surface area contributed by atoms with Crippen molar-refractivity contribution in [3.05, 3.63) is 0 Å². The number of fused-ring (bicyclic) bond motifs is 2. The van der Waals surface area contributed by atoms with Crippen molar-refractivity contribution < 1.29 is 0 Å². The summed E-state index contributed by atoms with van der Waals surface area (Å²) in [5, 5.41) is 4.78. The third-order valence-corrected chi connectivity index (χ3v) is 2.27. The molecule has 0 aromatic heterocycles. The van der Waals surface area contributed by atoms with Crippen LogP contribution < -0.4 is 0 Å². The first-order valence-corrected chi connectivity index (χ1v) is 3.32. The Hall–Kier alpha value is -0.0800. The Morgan fingerprint density at radius 2 is 2.25 bits per heavy atom. The fourth-order valence-corrected chi connectivity index (χ4v) is 1.76. The predicted molar refractivity (Wildman–Crippen MR) is 32.3 cm³/mol. The summed E-state index contributed by atoms with van der Waals surface area (Å²) < 4.78 is 0. The van der Waals surface area contributed by atoms with Gasteiger partial charge < -0.3 is 0 Å². The lowest BCUT2D eigenvalue weighted by molar-refractivity contribution is 0.0529. The highest BCUT2D eigenvalue weighted by Gasteiger charge is 2.32. The minimum Gasteiger partial charge on any atom is -0.245 e. The van der Waals surface area contributed by atoms with Crippen LogP contribution in [0.2, 0.25) is 0 Å². The molecule has 0 aliphatic carbocycles. The van der Waals surface area contributed by atoms with Crippen LogP contribution in [0.3, 0.4) is 0 Å². The average Bonchev–Trinajstić information content (AvgIpc) is 2.23. The van der Waals surface area contributed by atoms with E-state index in [1.807, 2.05) is 0 Å². The molecule has 2 atom stereocenters. The van der Waals surface area contributed by atoms with E-state index in [0.29, 0.717) is 0 Å². The van der Waals surface area contributed by atoms with E-state index in [0.717, 1.165) is 5.92 Å². The van der Waals surface area contributed by atoms with Crippen molar-refractivity contribution in [2.24, 2.45) is 5.92 Å². The number of hydrogen-bond acceptors (Lipinski definition) is 2. The van der Waals surface area contributed by atoms with Gasteiger partial charge in [0.25, 0.3) is 0 Å². The van der Waals surface area contributed by atoms with Crippen molar-refractivity contribution >= 4 is 0 Å². The molecule has 2 heteroatoms. The molecule has 2 rings (SSSR count). The SMILES string of the molecule is CN1C[C@@H]2CCN1C2. The highest BCUT2D eigenvalue weighted by Crippen LogP contribution is 2.25. The van der Waals surface area contributed by atoms with E-state index in [-0.39, 0.29) is 0 Å². The van der Waals surface area contributed by atoms with Gasteiger partial charge in [0.05, 0.1) is 0 Å². The lowest BCUT2D eigenvalue weighted by atomic mass is 10.1. The van der Waals surface area contributed by atoms with Crippen LogP contribution in [0.5, 0.6) is 0 Å². The zero-order chi connectivity index (χ0) is 5.56. The van der Waals surface area contributed by atoms with Gasteiger partial charge in [-0.25, -0.2) is 10.0 Å². The van der Waals surface area contributed by atoms with E-state index in [4.69, 9.17) is 0 Å². The molecule has 2 bridgehead atoms. The van der Waals surface area contributed by atoms with Gasteiger partial charge in [-0.05, 0) is 12.3 Å². The highest BCUT2D eigenvalue weighted by molar-refractivity contribution is 4.81. The molecular weight excluding hydrogens is 100 g/mol. The number of rotatable bonds is 0. The van der Waals surface area contributed by atoms with Crippen LogP contribution in [-0.2, 0) is 0 Å². The third-order valence-electron chi connectivity index (χ3n) is 2.27. The summed E-state index contributed by atoms with van der Waals surface area (Å²) in [5.74, 6) is 1.000. The third kappa shape index (κ3) is 0.501. The van der Waals surface area contributed by atoms with Crippen molar-refractivity contribution in [2.75, 3.05) is 26.7 Å². The molecule has 0 aromatic rings. The first-order chi connectivity index (χ1) is 3.86. The molecule has 0 N–H and O–H groups in total. The Morgan fingerprint density at radius 3 is 2.50 bits per heavy atom. The first-order valence-electron chi connectivity index (χ1n) is 3.32. The second-order valence-corrected chi connectivity index (χ2v) is 2.91. The summed E-state index contributed by atoms with van der Waals surface area (Å²) in [4.78, 5) is 0. The average molecular weight is 112 g/mol. The van der Waals surface area contributed by atoms with Gasteiger partial charge in [-0.2, -0.15) is 0 Å². The van der Waals surface area contributed by atoms with Crippen LogP contribution in [0.15, 0.2) is 0 Å². The van der Waals surface area contributed by atoms with Gasteiger partial charge in [0.15, 0.2) is 0 Å². The first kappa shape index (κ1) is 4.77. The summed E-state index contributed by atoms with van der Waals surface area (Å²) in [5.41, 5.74) is 0. The number of nitrogens with zero attached hydrogens (tertiary/aromatic N) is 2. The molecular formula is C6H12N2. The number of hydrogen-bond donors (Lipinski definition) is 0. The zero-order valence-electron chi connectivity index (χ0n) is 5.30. The van der Waals surface area contributed by atoms with E-state index in [2.05, 4.69) is 17.1 Å². The molecule has 1 unspecified atom stereocenters. The molecule has 46 valence electrons. The maximum absolute atomic E-state index is 2.44. The Bertz CT molecular complexity index is 101. The molecule has 0 amide bonds. The van der Waals surface area contributed by atoms with E-state index in [9.17, 15) is 0 Å². The van der Waals surface area contributed by atoms with Crippen molar-refractivity contribution in [3.8, 4) is 0 Å². The lowest BCUT2D eigenvalue weighted by Gasteiger charge is -2.23. The van der Waals surface area contributed by atoms with Gasteiger partial charge in [0.1, 0.15) is 0 Å². The van der Waals surface area contributed by atoms with Crippen LogP contribution in [0.25, 0.3) is 0 Å². The second kappa shape index (κ2) is 1.45. The van der Waals surface area contributed by atoms with Crippen LogP contribution >= 0.6 is 0 Å². The summed E-state index contributed by atoms with van der Waals surface area (Å²) >= 11 is 0. The number of hydrazine groups is 1. The zero-order valence-corrected chi connectivity index (χ0v) is 5.30. The summed E-state index contributed by atoms with van der Waals surface area (Å²) in [6.07, 6.45) is 1.43. The van der Waals surface area contributed by atoms with E-state index >= 15 is 0 Å². The molecule has 2 fully saturated rings. The summed E-state index contributed by atoms with van der Waals surface area (Å²) in [6, 6.07) is 0. The quantitative estimate of drug-likeness (QED) is 0.440. The highest BCUT2D eigenvalue weighted by atomic mass is 15.6. The molecule has 2 aliphatic rings. The monoisotopic (exact) mass is 112 g/mol. The largest absolute Gasteiger partial charge is 0.245 e. The Balaban J connectivity index is 2.11. The Morgan fingerprint density at radius 1 is 1.38 bits per heavy atom. The molecule has 2 saturated heterocycles. The standard InChI is InChI=1S/C6H12N2/c1-7-4-6-2-3-8(7)5-6/h6H,2-5H2,1H3/t6-/m0/s1. The second-order valence-electron chi connectivity index (χ2n) is 2.91. The normalized spacial score (nSPS) is 46.1. The predicted octanol–water partition coefficient (Wildman–Crippen LogP) is 0.169. The van der Waals surface area contributed by atoms with Gasteiger partial charge in [-0.15, -0.1) is 0 Å². The van der Waals surface area contributed by atoms with Gasteiger partial charge in [-0.3, -0.25) is 0 Å². The van der Waals surface area contributed by atoms with E-state index in [1.54, 1.807) is 0 Å². The molecule has 2 aliphatic heterocycles. The van der Waals surface area contributed by atoms with E-state index < -0.39 is 0 Å². The van der Waals surface area contributed by atoms with Crippen molar-refractivity contribution in [2.45, 2.75) is 6.42 Å². The van der Waals surface area contributed by atoms with Crippen molar-refractivity contribution in [1.29, 1.82) is 0 Å². The molecule has 0 radical (unpaired) electrons. The molecule has 8 heavy (non-hydrogen) atoms. The van der Waals surface area contributed by atoms with E-state index in [1.165, 1.54) is 26.1 Å². The fourth-order valence-electron chi connectivity index (χ4n) is 1.76. The van der Waals surface area contributed by atoms with Crippen LogP contribution in [0.1, 0.15) is 6.42 Å². The fraction of sp³-hybridized carbons (Fsp3) is 1.00. The van der Waals surface area contributed by atoms with Crippen LogP contribution in [-0.4, -0.2) is 36.7 Å². The summed E-state index contributed by atoms with van der Waals surface area (Å²) in [6.45, 7) is 3.94. The van der Waals surface area contributed by atoms with Crippen molar-refractivity contribution in [3.63, 3.8) is 0 Å². The van der Waals surface area contributed by atoms with Gasteiger partial charge in [0, 0.05) is 26.7 Å². The summed E-state index contributed by atoms with van der Waals surface area (Å²) in [7, 11) is 2.18. The Labute approximate surface area is 50.0 Å². The molecule has 2 heterocycles. The maximum Gasteiger partial charge on any atom is 0.0174 e. The molecule has 2 nitrogen and oxygen atoms in total.